The van der Waals surface area contributed by atoms with E-state index in [-0.39, 0.29) is 18.1 Å². The van der Waals surface area contributed by atoms with Crippen molar-refractivity contribution in [3.8, 4) is 0 Å². The van der Waals surface area contributed by atoms with Gasteiger partial charge in [-0.3, -0.25) is 4.79 Å². The Balaban J connectivity index is 2.37. The normalized spacial score (nSPS) is 26.7. The monoisotopic (exact) mass is 214 g/mol. The molecule has 1 aliphatic rings. The van der Waals surface area contributed by atoms with Gasteiger partial charge in [-0.1, -0.05) is 0 Å². The second-order valence-electron chi connectivity index (χ2n) is 5.04. The molecule has 2 atom stereocenters. The summed E-state index contributed by atoms with van der Waals surface area (Å²) >= 11 is 0. The minimum atomic E-state index is -0.439. The van der Waals surface area contributed by atoms with Crippen molar-refractivity contribution < 1.29 is 9.53 Å². The van der Waals surface area contributed by atoms with Gasteiger partial charge in [0, 0.05) is 19.1 Å². The van der Waals surface area contributed by atoms with Gasteiger partial charge in [-0.25, -0.2) is 0 Å². The molecule has 1 saturated carbocycles. The van der Waals surface area contributed by atoms with Gasteiger partial charge in [0.15, 0.2) is 0 Å². The number of methoxy groups -OCH3 is 1. The zero-order chi connectivity index (χ0) is 11.5. The molecule has 4 heteroatoms. The fourth-order valence-electron chi connectivity index (χ4n) is 2.04. The molecular weight excluding hydrogens is 192 g/mol. The Morgan fingerprint density at radius 3 is 2.73 bits per heavy atom. The summed E-state index contributed by atoms with van der Waals surface area (Å²) in [5.41, 5.74) is 5.35. The lowest BCUT2D eigenvalue weighted by Gasteiger charge is -2.23. The van der Waals surface area contributed by atoms with Gasteiger partial charge in [0.1, 0.15) is 0 Å². The number of nitrogens with two attached hydrogens (primary N) is 1. The third kappa shape index (κ3) is 4.18. The lowest BCUT2D eigenvalue weighted by molar-refractivity contribution is -0.123. The number of nitrogens with one attached hydrogen (secondary N) is 1. The highest BCUT2D eigenvalue weighted by atomic mass is 16.5. The molecule has 0 radical (unpaired) electrons. The van der Waals surface area contributed by atoms with E-state index in [0.29, 0.717) is 6.42 Å². The molecule has 4 nitrogen and oxygen atoms in total. The molecule has 0 bridgehead atoms. The predicted octanol–water partition coefficient (Wildman–Crippen LogP) is 0.797. The molecule has 0 aromatic heterocycles. The average Bonchev–Trinajstić information content (AvgIpc) is 2.48. The van der Waals surface area contributed by atoms with Crippen molar-refractivity contribution in [3.05, 3.63) is 0 Å². The third-order valence-electron chi connectivity index (χ3n) is 2.72. The van der Waals surface area contributed by atoms with Crippen molar-refractivity contribution >= 4 is 5.91 Å². The van der Waals surface area contributed by atoms with E-state index < -0.39 is 5.54 Å². The van der Waals surface area contributed by atoms with Gasteiger partial charge >= 0.3 is 0 Å². The maximum Gasteiger partial charge on any atom is 0.222 e. The summed E-state index contributed by atoms with van der Waals surface area (Å²) in [6.07, 6.45) is 3.70. The van der Waals surface area contributed by atoms with Crippen LogP contribution in [0.3, 0.4) is 0 Å². The number of amides is 1. The van der Waals surface area contributed by atoms with Gasteiger partial charge in [0.05, 0.1) is 12.1 Å². The molecule has 0 spiro atoms. The molecule has 0 aliphatic heterocycles. The van der Waals surface area contributed by atoms with Crippen molar-refractivity contribution in [1.29, 1.82) is 0 Å². The topological polar surface area (TPSA) is 64.3 Å². The Hall–Kier alpha value is -0.610. The molecule has 1 fully saturated rings. The van der Waals surface area contributed by atoms with Crippen LogP contribution >= 0.6 is 0 Å². The van der Waals surface area contributed by atoms with Gasteiger partial charge in [0.25, 0.3) is 0 Å². The van der Waals surface area contributed by atoms with Crippen LogP contribution < -0.4 is 11.1 Å². The van der Waals surface area contributed by atoms with Crippen molar-refractivity contribution in [1.82, 2.24) is 5.32 Å². The first-order chi connectivity index (χ1) is 6.92. The molecule has 0 aromatic rings. The molecule has 0 saturated heterocycles. The predicted molar refractivity (Wildman–Crippen MR) is 59.5 cm³/mol. The Bertz CT molecular complexity index is 223. The minimum Gasteiger partial charge on any atom is -0.379 e. The first-order valence-electron chi connectivity index (χ1n) is 5.53. The highest BCUT2D eigenvalue weighted by Crippen LogP contribution is 2.21. The summed E-state index contributed by atoms with van der Waals surface area (Å²) < 4.78 is 5.31. The van der Waals surface area contributed by atoms with Gasteiger partial charge in [-0.15, -0.1) is 0 Å². The molecule has 1 amide bonds. The molecule has 2 unspecified atom stereocenters. The number of rotatable bonds is 4. The highest BCUT2D eigenvalue weighted by Gasteiger charge is 2.29. The Labute approximate surface area is 91.5 Å². The van der Waals surface area contributed by atoms with E-state index in [4.69, 9.17) is 10.5 Å². The van der Waals surface area contributed by atoms with E-state index in [1.54, 1.807) is 7.11 Å². The van der Waals surface area contributed by atoms with Crippen LogP contribution in [0.1, 0.15) is 39.5 Å². The molecule has 15 heavy (non-hydrogen) atoms. The highest BCUT2D eigenvalue weighted by molar-refractivity contribution is 5.77. The minimum absolute atomic E-state index is 0.0245. The van der Waals surface area contributed by atoms with Crippen LogP contribution in [0, 0.1) is 0 Å². The smallest absolute Gasteiger partial charge is 0.222 e. The number of carbonyl (C=O) groups is 1. The van der Waals surface area contributed by atoms with Gasteiger partial charge < -0.3 is 15.8 Å². The third-order valence-corrected chi connectivity index (χ3v) is 2.72. The summed E-state index contributed by atoms with van der Waals surface area (Å²) in [6, 6.07) is 0.171. The Kier molecular flexibility index (Phi) is 4.11. The second-order valence-corrected chi connectivity index (χ2v) is 5.04. The molecule has 1 aliphatic carbocycles. The maximum absolute atomic E-state index is 11.6. The van der Waals surface area contributed by atoms with Gasteiger partial charge in [-0.05, 0) is 33.1 Å². The van der Waals surface area contributed by atoms with Crippen molar-refractivity contribution in [2.75, 3.05) is 7.11 Å². The molecule has 1 rings (SSSR count). The average molecular weight is 214 g/mol. The van der Waals surface area contributed by atoms with E-state index in [0.717, 1.165) is 19.3 Å². The van der Waals surface area contributed by atoms with Gasteiger partial charge in [0.2, 0.25) is 5.91 Å². The van der Waals surface area contributed by atoms with E-state index in [2.05, 4.69) is 5.32 Å². The lowest BCUT2D eigenvalue weighted by atomic mass is 10.0. The first-order valence-corrected chi connectivity index (χ1v) is 5.53. The van der Waals surface area contributed by atoms with Crippen LogP contribution in [-0.4, -0.2) is 30.7 Å². The lowest BCUT2D eigenvalue weighted by Crippen LogP contribution is -2.45. The van der Waals surface area contributed by atoms with Crippen LogP contribution in [-0.2, 0) is 9.53 Å². The van der Waals surface area contributed by atoms with Crippen molar-refractivity contribution in [2.45, 2.75) is 57.2 Å². The standard InChI is InChI=1S/C11H22N2O2/c1-11(2,12)7-10(14)13-8-5-4-6-9(8)15-3/h8-9H,4-7,12H2,1-3H3,(H,13,14). The van der Waals surface area contributed by atoms with E-state index >= 15 is 0 Å². The van der Waals surface area contributed by atoms with Crippen LogP contribution in [0.5, 0.6) is 0 Å². The fraction of sp³-hybridized carbons (Fsp3) is 0.909. The number of hydrogen-bond donors (Lipinski definition) is 2. The summed E-state index contributed by atoms with van der Waals surface area (Å²) in [5, 5.41) is 2.99. The summed E-state index contributed by atoms with van der Waals surface area (Å²) in [4.78, 5) is 11.6. The van der Waals surface area contributed by atoms with Crippen molar-refractivity contribution in [3.63, 3.8) is 0 Å². The van der Waals surface area contributed by atoms with Crippen LogP contribution in [0.25, 0.3) is 0 Å². The zero-order valence-corrected chi connectivity index (χ0v) is 9.88. The fourth-order valence-corrected chi connectivity index (χ4v) is 2.04. The molecule has 0 heterocycles. The van der Waals surface area contributed by atoms with Crippen LogP contribution in [0.15, 0.2) is 0 Å². The first kappa shape index (κ1) is 12.5. The second kappa shape index (κ2) is 4.94. The molecule has 88 valence electrons. The summed E-state index contributed by atoms with van der Waals surface area (Å²) in [6.45, 7) is 3.71. The maximum atomic E-state index is 11.6. The van der Waals surface area contributed by atoms with E-state index in [9.17, 15) is 4.79 Å². The molecule has 0 aromatic carbocycles. The number of hydrogen-bond acceptors (Lipinski definition) is 3. The van der Waals surface area contributed by atoms with Gasteiger partial charge in [-0.2, -0.15) is 0 Å². The number of ether oxygens (including phenoxy) is 1. The van der Waals surface area contributed by atoms with E-state index in [1.807, 2.05) is 13.8 Å². The molecular formula is C11H22N2O2. The quantitative estimate of drug-likeness (QED) is 0.727. The van der Waals surface area contributed by atoms with E-state index in [1.165, 1.54) is 0 Å². The summed E-state index contributed by atoms with van der Waals surface area (Å²) in [7, 11) is 1.70. The molecule has 3 N–H and O–H groups in total. The van der Waals surface area contributed by atoms with Crippen LogP contribution in [0.2, 0.25) is 0 Å². The van der Waals surface area contributed by atoms with Crippen LogP contribution in [0.4, 0.5) is 0 Å². The Morgan fingerprint density at radius 2 is 2.20 bits per heavy atom. The SMILES string of the molecule is COC1CCCC1NC(=O)CC(C)(C)N. The number of carbonyl (C=O) groups excluding carboxylic acids is 1. The summed E-state index contributed by atoms with van der Waals surface area (Å²) in [5.74, 6) is 0.0245. The van der Waals surface area contributed by atoms with Crippen molar-refractivity contribution in [2.24, 2.45) is 5.73 Å². The largest absolute Gasteiger partial charge is 0.379 e. The Morgan fingerprint density at radius 1 is 1.53 bits per heavy atom. The zero-order valence-electron chi connectivity index (χ0n) is 9.88.